The summed E-state index contributed by atoms with van der Waals surface area (Å²) >= 11 is 0. The minimum Gasteiger partial charge on any atom is -0.340 e. The maximum atomic E-state index is 11.6. The Bertz CT molecular complexity index is 282. The van der Waals surface area contributed by atoms with Crippen LogP contribution in [0.2, 0.25) is 0 Å². The highest BCUT2D eigenvalue weighted by Crippen LogP contribution is 2.25. The smallest absolute Gasteiger partial charge is 0.222 e. The third-order valence-corrected chi connectivity index (χ3v) is 4.24. The van der Waals surface area contributed by atoms with Crippen LogP contribution in [0.5, 0.6) is 0 Å². The lowest BCUT2D eigenvalue weighted by Crippen LogP contribution is -2.57. The first kappa shape index (κ1) is 12.8. The first-order valence-corrected chi connectivity index (χ1v) is 6.81. The molecule has 2 aliphatic rings. The zero-order valence-electron chi connectivity index (χ0n) is 11.3. The van der Waals surface area contributed by atoms with E-state index in [4.69, 9.17) is 0 Å². The number of carbonyl (C=O) groups excluding carboxylic acids is 1. The van der Waals surface area contributed by atoms with Gasteiger partial charge in [-0.15, -0.1) is 0 Å². The van der Waals surface area contributed by atoms with Crippen molar-refractivity contribution < 1.29 is 4.79 Å². The molecule has 1 atom stereocenters. The Morgan fingerprint density at radius 2 is 1.94 bits per heavy atom. The molecule has 4 nitrogen and oxygen atoms in total. The van der Waals surface area contributed by atoms with Gasteiger partial charge < -0.3 is 10.2 Å². The van der Waals surface area contributed by atoms with Gasteiger partial charge in [0.15, 0.2) is 0 Å². The van der Waals surface area contributed by atoms with Gasteiger partial charge in [-0.3, -0.25) is 9.69 Å². The maximum Gasteiger partial charge on any atom is 0.222 e. The third kappa shape index (κ3) is 2.63. The third-order valence-electron chi connectivity index (χ3n) is 4.24. The predicted molar refractivity (Wildman–Crippen MR) is 68.9 cm³/mol. The molecular formula is C13H25N3O. The maximum absolute atomic E-state index is 11.6. The summed E-state index contributed by atoms with van der Waals surface area (Å²) in [6, 6.07) is 0.626. The van der Waals surface area contributed by atoms with Crippen molar-refractivity contribution in [2.45, 2.75) is 45.2 Å². The van der Waals surface area contributed by atoms with Gasteiger partial charge in [0.05, 0.1) is 0 Å². The highest BCUT2D eigenvalue weighted by Gasteiger charge is 2.39. The van der Waals surface area contributed by atoms with E-state index in [0.717, 1.165) is 32.7 Å². The van der Waals surface area contributed by atoms with Crippen molar-refractivity contribution in [1.82, 2.24) is 15.1 Å². The van der Waals surface area contributed by atoms with Crippen molar-refractivity contribution in [3.63, 3.8) is 0 Å². The number of rotatable bonds is 2. The molecule has 4 heteroatoms. The van der Waals surface area contributed by atoms with Crippen LogP contribution >= 0.6 is 0 Å². The lowest BCUT2D eigenvalue weighted by Gasteiger charge is -2.42. The Labute approximate surface area is 104 Å². The molecule has 2 saturated heterocycles. The van der Waals surface area contributed by atoms with Gasteiger partial charge in [-0.05, 0) is 26.8 Å². The molecule has 0 aromatic heterocycles. The zero-order valence-corrected chi connectivity index (χ0v) is 11.3. The molecule has 17 heavy (non-hydrogen) atoms. The fourth-order valence-corrected chi connectivity index (χ4v) is 3.16. The van der Waals surface area contributed by atoms with Crippen LogP contribution in [-0.4, -0.2) is 60.0 Å². The molecule has 2 fully saturated rings. The summed E-state index contributed by atoms with van der Waals surface area (Å²) in [6.45, 7) is 11.5. The van der Waals surface area contributed by atoms with E-state index in [-0.39, 0.29) is 5.54 Å². The second-order valence-electron chi connectivity index (χ2n) is 5.72. The lowest BCUT2D eigenvalue weighted by atomic mass is 9.95. The Balaban J connectivity index is 1.89. The van der Waals surface area contributed by atoms with E-state index in [0.29, 0.717) is 18.4 Å². The van der Waals surface area contributed by atoms with Crippen LogP contribution < -0.4 is 5.32 Å². The van der Waals surface area contributed by atoms with Gasteiger partial charge in [0.1, 0.15) is 0 Å². The monoisotopic (exact) mass is 239 g/mol. The molecule has 0 aromatic rings. The molecule has 98 valence electrons. The first-order valence-electron chi connectivity index (χ1n) is 6.81. The molecule has 0 aromatic carbocycles. The summed E-state index contributed by atoms with van der Waals surface area (Å²) in [5.41, 5.74) is 0.219. The SMILES string of the molecule is CCC(=O)N1CCN(C2CCNC2(C)C)CC1. The minimum absolute atomic E-state index is 0.219. The van der Waals surface area contributed by atoms with Crippen molar-refractivity contribution in [3.05, 3.63) is 0 Å². The fraction of sp³-hybridized carbons (Fsp3) is 0.923. The van der Waals surface area contributed by atoms with Gasteiger partial charge in [-0.25, -0.2) is 0 Å². The van der Waals surface area contributed by atoms with Gasteiger partial charge in [-0.2, -0.15) is 0 Å². The summed E-state index contributed by atoms with van der Waals surface area (Å²) in [7, 11) is 0. The van der Waals surface area contributed by atoms with Crippen LogP contribution in [0.25, 0.3) is 0 Å². The van der Waals surface area contributed by atoms with Crippen LogP contribution in [0.15, 0.2) is 0 Å². The van der Waals surface area contributed by atoms with Gasteiger partial charge in [-0.1, -0.05) is 6.92 Å². The standard InChI is InChI=1S/C13H25N3O/c1-4-12(17)16-9-7-15(8-10-16)11-5-6-14-13(11,2)3/h11,14H,4-10H2,1-3H3. The van der Waals surface area contributed by atoms with Gasteiger partial charge in [0.2, 0.25) is 5.91 Å². The Morgan fingerprint density at radius 1 is 1.29 bits per heavy atom. The Kier molecular flexibility index (Phi) is 3.73. The van der Waals surface area contributed by atoms with E-state index >= 15 is 0 Å². The number of amides is 1. The molecule has 0 aliphatic carbocycles. The Hall–Kier alpha value is -0.610. The fourth-order valence-electron chi connectivity index (χ4n) is 3.16. The Morgan fingerprint density at radius 3 is 2.41 bits per heavy atom. The van der Waals surface area contributed by atoms with Crippen LogP contribution in [0.1, 0.15) is 33.6 Å². The van der Waals surface area contributed by atoms with E-state index in [1.165, 1.54) is 6.42 Å². The average molecular weight is 239 g/mol. The molecule has 2 heterocycles. The second-order valence-corrected chi connectivity index (χ2v) is 5.72. The highest BCUT2D eigenvalue weighted by atomic mass is 16.2. The summed E-state index contributed by atoms with van der Waals surface area (Å²) in [4.78, 5) is 16.2. The molecule has 0 bridgehead atoms. The predicted octanol–water partition coefficient (Wildman–Crippen LogP) is 0.681. The molecular weight excluding hydrogens is 214 g/mol. The van der Waals surface area contributed by atoms with Crippen LogP contribution in [0, 0.1) is 0 Å². The molecule has 2 rings (SSSR count). The quantitative estimate of drug-likeness (QED) is 0.770. The van der Waals surface area contributed by atoms with Crippen LogP contribution in [0.3, 0.4) is 0 Å². The van der Waals surface area contributed by atoms with E-state index in [2.05, 4.69) is 24.1 Å². The summed E-state index contributed by atoms with van der Waals surface area (Å²) in [5.74, 6) is 0.299. The van der Waals surface area contributed by atoms with Crippen molar-refractivity contribution in [1.29, 1.82) is 0 Å². The molecule has 2 aliphatic heterocycles. The highest BCUT2D eigenvalue weighted by molar-refractivity contribution is 5.75. The topological polar surface area (TPSA) is 35.6 Å². The number of nitrogens with zero attached hydrogens (tertiary/aromatic N) is 2. The molecule has 1 unspecified atom stereocenters. The van der Waals surface area contributed by atoms with Crippen molar-refractivity contribution in [2.75, 3.05) is 32.7 Å². The molecule has 0 spiro atoms. The zero-order chi connectivity index (χ0) is 12.5. The van der Waals surface area contributed by atoms with Crippen molar-refractivity contribution in [3.8, 4) is 0 Å². The largest absolute Gasteiger partial charge is 0.340 e. The summed E-state index contributed by atoms with van der Waals surface area (Å²) in [6.07, 6.45) is 1.87. The van der Waals surface area contributed by atoms with E-state index < -0.39 is 0 Å². The lowest BCUT2D eigenvalue weighted by molar-refractivity contribution is -0.133. The van der Waals surface area contributed by atoms with Crippen LogP contribution in [0.4, 0.5) is 0 Å². The number of nitrogens with one attached hydrogen (secondary N) is 1. The average Bonchev–Trinajstić information content (AvgIpc) is 2.68. The summed E-state index contributed by atoms with van der Waals surface area (Å²) < 4.78 is 0. The summed E-state index contributed by atoms with van der Waals surface area (Å²) in [5, 5.41) is 3.57. The normalized spacial score (nSPS) is 29.6. The molecule has 1 N–H and O–H groups in total. The van der Waals surface area contributed by atoms with Crippen molar-refractivity contribution >= 4 is 5.91 Å². The van der Waals surface area contributed by atoms with Gasteiger partial charge in [0.25, 0.3) is 0 Å². The van der Waals surface area contributed by atoms with E-state index in [1.807, 2.05) is 11.8 Å². The van der Waals surface area contributed by atoms with E-state index in [9.17, 15) is 4.79 Å². The molecule has 0 saturated carbocycles. The molecule has 1 amide bonds. The van der Waals surface area contributed by atoms with E-state index in [1.54, 1.807) is 0 Å². The van der Waals surface area contributed by atoms with Crippen molar-refractivity contribution in [2.24, 2.45) is 0 Å². The second kappa shape index (κ2) is 4.94. The van der Waals surface area contributed by atoms with Crippen LogP contribution in [-0.2, 0) is 4.79 Å². The number of carbonyl (C=O) groups is 1. The molecule has 0 radical (unpaired) electrons. The number of hydrogen-bond acceptors (Lipinski definition) is 3. The number of piperazine rings is 1. The van der Waals surface area contributed by atoms with Gasteiger partial charge in [0, 0.05) is 44.2 Å². The van der Waals surface area contributed by atoms with Gasteiger partial charge >= 0.3 is 0 Å². The number of hydrogen-bond donors (Lipinski definition) is 1. The minimum atomic E-state index is 0.219. The first-order chi connectivity index (χ1) is 8.04.